The summed E-state index contributed by atoms with van der Waals surface area (Å²) in [6.07, 6.45) is 1.44. The SMILES string of the molecule is O=C(Cn1c(CNC(=O)c2ccco2)nc2ccccc21)Nc1cccc(Br)c1. The Bertz CT molecular complexity index is 1170. The van der Waals surface area contributed by atoms with Crippen molar-refractivity contribution >= 4 is 44.5 Å². The fourth-order valence-electron chi connectivity index (χ4n) is 3.00. The number of hydrogen-bond acceptors (Lipinski definition) is 4. The number of hydrogen-bond donors (Lipinski definition) is 2. The van der Waals surface area contributed by atoms with E-state index < -0.39 is 0 Å². The summed E-state index contributed by atoms with van der Waals surface area (Å²) in [6.45, 7) is 0.233. The summed E-state index contributed by atoms with van der Waals surface area (Å²) in [5.74, 6) is 0.271. The Morgan fingerprint density at radius 3 is 2.72 bits per heavy atom. The van der Waals surface area contributed by atoms with Crippen LogP contribution in [0.1, 0.15) is 16.4 Å². The monoisotopic (exact) mass is 452 g/mol. The van der Waals surface area contributed by atoms with Crippen LogP contribution in [0.2, 0.25) is 0 Å². The van der Waals surface area contributed by atoms with Gasteiger partial charge in [0.2, 0.25) is 5.91 Å². The number of imidazole rings is 1. The van der Waals surface area contributed by atoms with Gasteiger partial charge in [-0.1, -0.05) is 34.1 Å². The topological polar surface area (TPSA) is 89.2 Å². The van der Waals surface area contributed by atoms with Crippen LogP contribution in [0.25, 0.3) is 11.0 Å². The second-order valence-corrected chi connectivity index (χ2v) is 7.24. The molecule has 4 aromatic rings. The fourth-order valence-corrected chi connectivity index (χ4v) is 3.40. The number of rotatable bonds is 6. The molecule has 8 heteroatoms. The number of anilines is 1. The minimum Gasteiger partial charge on any atom is -0.459 e. The van der Waals surface area contributed by atoms with Crippen molar-refractivity contribution in [3.8, 4) is 0 Å². The molecule has 146 valence electrons. The molecule has 0 aliphatic heterocycles. The smallest absolute Gasteiger partial charge is 0.287 e. The number of aromatic nitrogens is 2. The predicted octanol–water partition coefficient (Wildman–Crippen LogP) is 3.96. The van der Waals surface area contributed by atoms with E-state index in [2.05, 4.69) is 31.5 Å². The Balaban J connectivity index is 1.54. The first kappa shape index (κ1) is 18.9. The van der Waals surface area contributed by atoms with Gasteiger partial charge in [-0.3, -0.25) is 9.59 Å². The summed E-state index contributed by atoms with van der Waals surface area (Å²) in [4.78, 5) is 29.4. The number of fused-ring (bicyclic) bond motifs is 1. The minimum atomic E-state index is -0.341. The van der Waals surface area contributed by atoms with E-state index in [-0.39, 0.29) is 30.7 Å². The molecular formula is C21H17BrN4O3. The van der Waals surface area contributed by atoms with Crippen molar-refractivity contribution in [1.82, 2.24) is 14.9 Å². The van der Waals surface area contributed by atoms with Crippen LogP contribution >= 0.6 is 15.9 Å². The zero-order chi connectivity index (χ0) is 20.2. The molecule has 2 amide bonds. The van der Waals surface area contributed by atoms with Gasteiger partial charge in [-0.15, -0.1) is 0 Å². The van der Waals surface area contributed by atoms with E-state index in [0.717, 1.165) is 15.5 Å². The quantitative estimate of drug-likeness (QED) is 0.463. The maximum absolute atomic E-state index is 12.6. The van der Waals surface area contributed by atoms with Crippen molar-refractivity contribution in [2.75, 3.05) is 5.32 Å². The van der Waals surface area contributed by atoms with Gasteiger partial charge in [-0.25, -0.2) is 4.98 Å². The first-order chi connectivity index (χ1) is 14.1. The number of furan rings is 1. The van der Waals surface area contributed by atoms with Crippen LogP contribution in [0.5, 0.6) is 0 Å². The summed E-state index contributed by atoms with van der Waals surface area (Å²) in [5, 5.41) is 5.66. The summed E-state index contributed by atoms with van der Waals surface area (Å²) >= 11 is 3.39. The van der Waals surface area contributed by atoms with Crippen LogP contribution in [-0.4, -0.2) is 21.4 Å². The average molecular weight is 453 g/mol. The van der Waals surface area contributed by atoms with Gasteiger partial charge >= 0.3 is 0 Å². The molecular weight excluding hydrogens is 436 g/mol. The third kappa shape index (κ3) is 4.38. The van der Waals surface area contributed by atoms with Crippen molar-refractivity contribution < 1.29 is 14.0 Å². The lowest BCUT2D eigenvalue weighted by atomic mass is 10.3. The fraction of sp³-hybridized carbons (Fsp3) is 0.0952. The molecule has 0 atom stereocenters. The maximum Gasteiger partial charge on any atom is 0.287 e. The molecule has 0 saturated heterocycles. The van der Waals surface area contributed by atoms with E-state index in [9.17, 15) is 9.59 Å². The van der Waals surface area contributed by atoms with Gasteiger partial charge in [0, 0.05) is 10.2 Å². The van der Waals surface area contributed by atoms with Gasteiger partial charge < -0.3 is 19.6 Å². The summed E-state index contributed by atoms with van der Waals surface area (Å²) in [5.41, 5.74) is 2.27. The molecule has 0 radical (unpaired) electrons. The van der Waals surface area contributed by atoms with Crippen molar-refractivity contribution in [3.63, 3.8) is 0 Å². The number of benzene rings is 2. The number of halogens is 1. The molecule has 4 rings (SSSR count). The van der Waals surface area contributed by atoms with Crippen molar-refractivity contribution in [2.24, 2.45) is 0 Å². The normalized spacial score (nSPS) is 10.8. The summed E-state index contributed by atoms with van der Waals surface area (Å²) < 4.78 is 7.78. The highest BCUT2D eigenvalue weighted by atomic mass is 79.9. The number of carbonyl (C=O) groups is 2. The molecule has 0 saturated carbocycles. The number of nitrogens with zero attached hydrogens (tertiary/aromatic N) is 2. The molecule has 0 aliphatic rings. The van der Waals surface area contributed by atoms with Crippen LogP contribution in [0.15, 0.2) is 75.8 Å². The molecule has 2 N–H and O–H groups in total. The first-order valence-corrected chi connectivity index (χ1v) is 9.71. The van der Waals surface area contributed by atoms with Gasteiger partial charge in [-0.2, -0.15) is 0 Å². The Hall–Kier alpha value is -3.39. The first-order valence-electron chi connectivity index (χ1n) is 8.91. The molecule has 2 heterocycles. The molecule has 29 heavy (non-hydrogen) atoms. The zero-order valence-corrected chi connectivity index (χ0v) is 16.8. The molecule has 0 spiro atoms. The van der Waals surface area contributed by atoms with Crippen LogP contribution in [0.3, 0.4) is 0 Å². The second kappa shape index (κ2) is 8.32. The Labute approximate surface area is 174 Å². The average Bonchev–Trinajstić information content (AvgIpc) is 3.35. The number of para-hydroxylation sites is 2. The standard InChI is InChI=1S/C21H17BrN4O3/c22-14-5-3-6-15(11-14)24-20(27)13-26-17-8-2-1-7-16(17)25-19(26)12-23-21(28)18-9-4-10-29-18/h1-11H,12-13H2,(H,23,28)(H,24,27). The van der Waals surface area contributed by atoms with E-state index in [1.54, 1.807) is 16.7 Å². The number of nitrogens with one attached hydrogen (secondary N) is 2. The lowest BCUT2D eigenvalue weighted by molar-refractivity contribution is -0.116. The van der Waals surface area contributed by atoms with Gasteiger partial charge in [-0.05, 0) is 42.5 Å². The van der Waals surface area contributed by atoms with Crippen LogP contribution in [0.4, 0.5) is 5.69 Å². The Kier molecular flexibility index (Phi) is 5.44. The molecule has 2 aromatic heterocycles. The van der Waals surface area contributed by atoms with Crippen LogP contribution < -0.4 is 10.6 Å². The van der Waals surface area contributed by atoms with Gasteiger partial charge in [0.15, 0.2) is 5.76 Å². The highest BCUT2D eigenvalue weighted by molar-refractivity contribution is 9.10. The third-order valence-corrected chi connectivity index (χ3v) is 4.79. The van der Waals surface area contributed by atoms with Crippen molar-refractivity contribution in [1.29, 1.82) is 0 Å². The van der Waals surface area contributed by atoms with E-state index in [4.69, 9.17) is 4.42 Å². The third-order valence-electron chi connectivity index (χ3n) is 4.30. The van der Waals surface area contributed by atoms with E-state index in [1.165, 1.54) is 6.26 Å². The zero-order valence-electron chi connectivity index (χ0n) is 15.3. The molecule has 0 fully saturated rings. The Morgan fingerprint density at radius 1 is 1.07 bits per heavy atom. The highest BCUT2D eigenvalue weighted by Crippen LogP contribution is 2.18. The lowest BCUT2D eigenvalue weighted by Gasteiger charge is -2.11. The predicted molar refractivity (Wildman–Crippen MR) is 112 cm³/mol. The second-order valence-electron chi connectivity index (χ2n) is 6.32. The molecule has 0 aliphatic carbocycles. The summed E-state index contributed by atoms with van der Waals surface area (Å²) in [6, 6.07) is 18.2. The van der Waals surface area contributed by atoms with Crippen molar-refractivity contribution in [3.05, 3.63) is 83.0 Å². The molecule has 0 bridgehead atoms. The summed E-state index contributed by atoms with van der Waals surface area (Å²) in [7, 11) is 0. The number of amides is 2. The Morgan fingerprint density at radius 2 is 1.93 bits per heavy atom. The molecule has 0 unspecified atom stereocenters. The van der Waals surface area contributed by atoms with Crippen LogP contribution in [-0.2, 0) is 17.9 Å². The van der Waals surface area contributed by atoms with Gasteiger partial charge in [0.1, 0.15) is 12.4 Å². The molecule has 7 nitrogen and oxygen atoms in total. The lowest BCUT2D eigenvalue weighted by Crippen LogP contribution is -2.26. The number of carbonyl (C=O) groups excluding carboxylic acids is 2. The molecule has 2 aromatic carbocycles. The van der Waals surface area contributed by atoms with E-state index >= 15 is 0 Å². The largest absolute Gasteiger partial charge is 0.459 e. The highest BCUT2D eigenvalue weighted by Gasteiger charge is 2.16. The van der Waals surface area contributed by atoms with Crippen LogP contribution in [0, 0.1) is 0 Å². The van der Waals surface area contributed by atoms with Gasteiger partial charge in [0.05, 0.1) is 23.8 Å². The van der Waals surface area contributed by atoms with Crippen molar-refractivity contribution in [2.45, 2.75) is 13.1 Å². The minimum absolute atomic E-state index is 0.0684. The van der Waals surface area contributed by atoms with E-state index in [1.807, 2.05) is 48.5 Å². The van der Waals surface area contributed by atoms with E-state index in [0.29, 0.717) is 11.5 Å². The maximum atomic E-state index is 12.6. The van der Waals surface area contributed by atoms with Gasteiger partial charge in [0.25, 0.3) is 5.91 Å².